The van der Waals surface area contributed by atoms with Crippen molar-refractivity contribution in [3.63, 3.8) is 0 Å². The third-order valence-electron chi connectivity index (χ3n) is 3.93. The van der Waals surface area contributed by atoms with Crippen molar-refractivity contribution >= 4 is 45.1 Å². The number of ether oxygens (including phenoxy) is 1. The second-order valence-electron chi connectivity index (χ2n) is 5.63. The lowest BCUT2D eigenvalue weighted by molar-refractivity contribution is -0.134. The monoisotopic (exact) mass is 407 g/mol. The molecule has 1 heterocycles. The van der Waals surface area contributed by atoms with Crippen molar-refractivity contribution in [2.24, 2.45) is 5.92 Å². The van der Waals surface area contributed by atoms with Crippen molar-refractivity contribution in [3.05, 3.63) is 57.5 Å². The molecule has 0 saturated heterocycles. The molecule has 0 aromatic heterocycles. The van der Waals surface area contributed by atoms with Gasteiger partial charge in [0.15, 0.2) is 0 Å². The summed E-state index contributed by atoms with van der Waals surface area (Å²) in [6.45, 7) is 0. The highest BCUT2D eigenvalue weighted by atomic mass is 79.9. The van der Waals surface area contributed by atoms with Gasteiger partial charge >= 0.3 is 5.97 Å². The van der Waals surface area contributed by atoms with Crippen molar-refractivity contribution in [2.45, 2.75) is 19.3 Å². The Morgan fingerprint density at radius 1 is 1.29 bits per heavy atom. The molecule has 1 aliphatic heterocycles. The first-order valence-corrected chi connectivity index (χ1v) is 8.74. The standard InChI is InChI=1S/C18H15BrClNO3/c19-13-6-7-16(14(20)10-13)24-17(22)8-5-12-9-11-3-1-2-4-15(11)21-18(12)23/h1-4,6-7,10,12H,5,8-9H2,(H,21,23)/t12-/m1/s1. The summed E-state index contributed by atoms with van der Waals surface area (Å²) in [6.07, 6.45) is 1.23. The van der Waals surface area contributed by atoms with Crippen LogP contribution in [0.4, 0.5) is 5.69 Å². The highest BCUT2D eigenvalue weighted by molar-refractivity contribution is 9.10. The Hall–Kier alpha value is -1.85. The number of esters is 1. The molecule has 2 aromatic carbocycles. The van der Waals surface area contributed by atoms with Crippen molar-refractivity contribution in [1.29, 1.82) is 0 Å². The number of amides is 1. The second-order valence-corrected chi connectivity index (χ2v) is 6.96. The van der Waals surface area contributed by atoms with Crippen LogP contribution in [-0.4, -0.2) is 11.9 Å². The molecule has 2 aromatic rings. The van der Waals surface area contributed by atoms with Crippen molar-refractivity contribution in [2.75, 3.05) is 5.32 Å². The molecule has 0 unspecified atom stereocenters. The van der Waals surface area contributed by atoms with E-state index in [1.54, 1.807) is 18.2 Å². The van der Waals surface area contributed by atoms with Crippen LogP contribution >= 0.6 is 27.5 Å². The molecule has 3 rings (SSSR count). The largest absolute Gasteiger partial charge is 0.425 e. The molecule has 0 fully saturated rings. The van der Waals surface area contributed by atoms with E-state index in [-0.39, 0.29) is 18.2 Å². The number of nitrogens with one attached hydrogen (secondary N) is 1. The maximum atomic E-state index is 12.1. The molecule has 1 atom stereocenters. The van der Waals surface area contributed by atoms with Crippen LogP contribution < -0.4 is 10.1 Å². The molecule has 0 radical (unpaired) electrons. The number of benzene rings is 2. The molecule has 24 heavy (non-hydrogen) atoms. The first-order valence-electron chi connectivity index (χ1n) is 7.57. The fourth-order valence-electron chi connectivity index (χ4n) is 2.67. The van der Waals surface area contributed by atoms with Gasteiger partial charge in [0.2, 0.25) is 5.91 Å². The molecule has 1 N–H and O–H groups in total. The SMILES string of the molecule is O=C(CC[C@@H]1Cc2ccccc2NC1=O)Oc1ccc(Br)cc1Cl. The van der Waals surface area contributed by atoms with Crippen LogP contribution in [0.2, 0.25) is 5.02 Å². The number of rotatable bonds is 4. The highest BCUT2D eigenvalue weighted by Gasteiger charge is 2.26. The van der Waals surface area contributed by atoms with Gasteiger partial charge in [-0.2, -0.15) is 0 Å². The zero-order chi connectivity index (χ0) is 17.1. The van der Waals surface area contributed by atoms with Gasteiger partial charge in [0.25, 0.3) is 0 Å². The zero-order valence-corrected chi connectivity index (χ0v) is 15.1. The highest BCUT2D eigenvalue weighted by Crippen LogP contribution is 2.30. The third kappa shape index (κ3) is 3.97. The van der Waals surface area contributed by atoms with Crippen molar-refractivity contribution in [3.8, 4) is 5.75 Å². The first kappa shape index (κ1) is 17.0. The minimum atomic E-state index is -0.397. The number of para-hydroxylation sites is 1. The maximum Gasteiger partial charge on any atom is 0.311 e. The lowest BCUT2D eigenvalue weighted by Crippen LogP contribution is -2.30. The average molecular weight is 409 g/mol. The Balaban J connectivity index is 1.57. The van der Waals surface area contributed by atoms with Crippen LogP contribution in [0.1, 0.15) is 18.4 Å². The Morgan fingerprint density at radius 3 is 2.88 bits per heavy atom. The van der Waals surface area contributed by atoms with E-state index in [1.165, 1.54) is 0 Å². The van der Waals surface area contributed by atoms with Gasteiger partial charge in [-0.05, 0) is 42.7 Å². The lowest BCUT2D eigenvalue weighted by Gasteiger charge is -2.24. The van der Waals surface area contributed by atoms with Gasteiger partial charge in [-0.25, -0.2) is 0 Å². The summed E-state index contributed by atoms with van der Waals surface area (Å²) >= 11 is 9.33. The van der Waals surface area contributed by atoms with Crippen LogP contribution in [-0.2, 0) is 16.0 Å². The molecule has 0 saturated carbocycles. The smallest absolute Gasteiger partial charge is 0.311 e. The van der Waals surface area contributed by atoms with Gasteiger partial charge < -0.3 is 10.1 Å². The summed E-state index contributed by atoms with van der Waals surface area (Å²) < 4.78 is 6.08. The summed E-state index contributed by atoms with van der Waals surface area (Å²) in [5.74, 6) is -0.356. The van der Waals surface area contributed by atoms with Gasteiger partial charge in [0, 0.05) is 22.5 Å². The summed E-state index contributed by atoms with van der Waals surface area (Å²) in [4.78, 5) is 24.2. The van der Waals surface area contributed by atoms with E-state index >= 15 is 0 Å². The van der Waals surface area contributed by atoms with E-state index in [0.717, 1.165) is 15.7 Å². The van der Waals surface area contributed by atoms with Gasteiger partial charge in [-0.15, -0.1) is 0 Å². The predicted octanol–water partition coefficient (Wildman–Crippen LogP) is 4.60. The lowest BCUT2D eigenvalue weighted by atomic mass is 9.90. The summed E-state index contributed by atoms with van der Waals surface area (Å²) in [5, 5.41) is 3.24. The van der Waals surface area contributed by atoms with Crippen molar-refractivity contribution in [1.82, 2.24) is 0 Å². The summed E-state index contributed by atoms with van der Waals surface area (Å²) in [7, 11) is 0. The molecule has 4 nitrogen and oxygen atoms in total. The van der Waals surface area contributed by atoms with Gasteiger partial charge in [0.1, 0.15) is 5.75 Å². The van der Waals surface area contributed by atoms with E-state index in [1.807, 2.05) is 24.3 Å². The first-order chi connectivity index (χ1) is 11.5. The minimum Gasteiger partial charge on any atom is -0.425 e. The predicted molar refractivity (Wildman–Crippen MR) is 96.3 cm³/mol. The minimum absolute atomic E-state index is 0.0526. The summed E-state index contributed by atoms with van der Waals surface area (Å²) in [6, 6.07) is 12.7. The molecule has 0 bridgehead atoms. The number of carbonyl (C=O) groups excluding carboxylic acids is 2. The van der Waals surface area contributed by atoms with Crippen LogP contribution in [0, 0.1) is 5.92 Å². The van der Waals surface area contributed by atoms with E-state index in [0.29, 0.717) is 23.6 Å². The Morgan fingerprint density at radius 2 is 2.08 bits per heavy atom. The molecular formula is C18H15BrClNO3. The normalized spacial score (nSPS) is 16.2. The molecule has 1 aliphatic rings. The number of hydrogen-bond donors (Lipinski definition) is 1. The average Bonchev–Trinajstić information content (AvgIpc) is 2.55. The number of hydrogen-bond acceptors (Lipinski definition) is 3. The molecule has 124 valence electrons. The van der Waals surface area contributed by atoms with E-state index in [4.69, 9.17) is 16.3 Å². The number of carbonyl (C=O) groups is 2. The van der Waals surface area contributed by atoms with E-state index in [2.05, 4.69) is 21.2 Å². The topological polar surface area (TPSA) is 55.4 Å². The molecule has 6 heteroatoms. The van der Waals surface area contributed by atoms with E-state index in [9.17, 15) is 9.59 Å². The van der Waals surface area contributed by atoms with Crippen LogP contribution in [0.5, 0.6) is 5.75 Å². The Kier molecular flexibility index (Phi) is 5.21. The fourth-order valence-corrected chi connectivity index (χ4v) is 3.38. The zero-order valence-electron chi connectivity index (χ0n) is 12.7. The molecule has 1 amide bonds. The van der Waals surface area contributed by atoms with Gasteiger partial charge in [-0.1, -0.05) is 45.7 Å². The van der Waals surface area contributed by atoms with Crippen LogP contribution in [0.25, 0.3) is 0 Å². The second kappa shape index (κ2) is 7.36. The number of anilines is 1. The molecule has 0 aliphatic carbocycles. The third-order valence-corrected chi connectivity index (χ3v) is 4.72. The van der Waals surface area contributed by atoms with Gasteiger partial charge in [-0.3, -0.25) is 9.59 Å². The number of fused-ring (bicyclic) bond motifs is 1. The van der Waals surface area contributed by atoms with Crippen molar-refractivity contribution < 1.29 is 14.3 Å². The quantitative estimate of drug-likeness (QED) is 0.594. The van der Waals surface area contributed by atoms with E-state index < -0.39 is 5.97 Å². The Bertz CT molecular complexity index is 794. The molecule has 0 spiro atoms. The molecular weight excluding hydrogens is 394 g/mol. The van der Waals surface area contributed by atoms with Crippen LogP contribution in [0.3, 0.4) is 0 Å². The number of halogens is 2. The van der Waals surface area contributed by atoms with Crippen LogP contribution in [0.15, 0.2) is 46.9 Å². The maximum absolute atomic E-state index is 12.1. The summed E-state index contributed by atoms with van der Waals surface area (Å²) in [5.41, 5.74) is 1.94. The Labute approximate surface area is 153 Å². The fraction of sp³-hybridized carbons (Fsp3) is 0.222. The van der Waals surface area contributed by atoms with Gasteiger partial charge in [0.05, 0.1) is 5.02 Å².